The predicted octanol–water partition coefficient (Wildman–Crippen LogP) is 3.11. The van der Waals surface area contributed by atoms with Gasteiger partial charge in [-0.15, -0.1) is 0 Å². The molecule has 12 nitrogen and oxygen atoms in total. The molecule has 9 rings (SSSR count). The highest BCUT2D eigenvalue weighted by atomic mass is 16.3. The lowest BCUT2D eigenvalue weighted by Gasteiger charge is -2.74. The van der Waals surface area contributed by atoms with Gasteiger partial charge in [-0.2, -0.15) is 0 Å². The second kappa shape index (κ2) is 10.2. The minimum Gasteiger partial charge on any atom is -0.504 e. The van der Waals surface area contributed by atoms with Crippen LogP contribution >= 0.6 is 0 Å². The van der Waals surface area contributed by atoms with Crippen molar-refractivity contribution in [2.75, 3.05) is 18.0 Å². The second-order valence-corrected chi connectivity index (χ2v) is 14.5. The lowest BCUT2D eigenvalue weighted by atomic mass is 9.33. The van der Waals surface area contributed by atoms with Gasteiger partial charge in [0.05, 0.1) is 23.1 Å². The van der Waals surface area contributed by atoms with Crippen molar-refractivity contribution in [1.29, 1.82) is 0 Å². The van der Waals surface area contributed by atoms with Crippen molar-refractivity contribution in [3.05, 3.63) is 45.0 Å². The molecule has 2 bridgehead atoms. The summed E-state index contributed by atoms with van der Waals surface area (Å²) in [6.45, 7) is 8.25. The number of amides is 2. The number of carbonyl (C=O) groups excluding carboxylic acids is 2. The lowest BCUT2D eigenvalue weighted by molar-refractivity contribution is -0.208. The highest BCUT2D eigenvalue weighted by Crippen LogP contribution is 2.73. The van der Waals surface area contributed by atoms with Crippen molar-refractivity contribution in [2.24, 2.45) is 11.3 Å². The largest absolute Gasteiger partial charge is 0.504 e. The van der Waals surface area contributed by atoms with Crippen LogP contribution in [0.5, 0.6) is 5.75 Å². The van der Waals surface area contributed by atoms with Gasteiger partial charge < -0.3 is 24.8 Å². The first-order valence-corrected chi connectivity index (χ1v) is 16.8. The topological polar surface area (TPSA) is 146 Å². The van der Waals surface area contributed by atoms with Gasteiger partial charge in [0.25, 0.3) is 5.91 Å². The maximum absolute atomic E-state index is 14.3. The first-order valence-electron chi connectivity index (χ1n) is 16.8. The molecule has 2 N–H and O–H groups in total. The molecule has 6 fully saturated rings. The van der Waals surface area contributed by atoms with Gasteiger partial charge >= 0.3 is 0 Å². The molecular formula is C34H42N8O4. The van der Waals surface area contributed by atoms with Gasteiger partial charge in [0, 0.05) is 30.4 Å². The third-order valence-electron chi connectivity index (χ3n) is 12.0. The van der Waals surface area contributed by atoms with Crippen molar-refractivity contribution in [3.8, 4) is 5.75 Å². The molecule has 1 aliphatic heterocycles. The van der Waals surface area contributed by atoms with E-state index in [0.717, 1.165) is 49.4 Å². The molecule has 5 saturated carbocycles. The number of carbonyl (C=O) groups is 2. The summed E-state index contributed by atoms with van der Waals surface area (Å²) in [5, 5.41) is 13.9. The smallest absolute Gasteiger partial charge is 0.276 e. The van der Waals surface area contributed by atoms with E-state index in [9.17, 15) is 19.5 Å². The summed E-state index contributed by atoms with van der Waals surface area (Å²) >= 11 is 0. The molecule has 0 unspecified atom stereocenters. The molecule has 2 amide bonds. The van der Waals surface area contributed by atoms with E-state index in [1.807, 2.05) is 25.3 Å². The Hall–Kier alpha value is -4.09. The summed E-state index contributed by atoms with van der Waals surface area (Å²) in [5.41, 5.74) is 4.01. The molecule has 0 spiro atoms. The number of aromatic hydroxyl groups is 1. The van der Waals surface area contributed by atoms with E-state index >= 15 is 0 Å². The number of fused-ring (bicyclic) bond motifs is 2. The minimum atomic E-state index is -0.328. The fourth-order valence-corrected chi connectivity index (χ4v) is 9.22. The van der Waals surface area contributed by atoms with Crippen molar-refractivity contribution in [2.45, 2.75) is 110 Å². The summed E-state index contributed by atoms with van der Waals surface area (Å²) in [4.78, 5) is 63.2. The Labute approximate surface area is 267 Å². The van der Waals surface area contributed by atoms with Crippen LogP contribution < -0.4 is 15.6 Å². The van der Waals surface area contributed by atoms with Crippen LogP contribution in [0.2, 0.25) is 0 Å². The van der Waals surface area contributed by atoms with Crippen molar-refractivity contribution in [3.63, 3.8) is 0 Å². The summed E-state index contributed by atoms with van der Waals surface area (Å²) in [6, 6.07) is -0.214. The average Bonchev–Trinajstić information content (AvgIpc) is 2.94. The van der Waals surface area contributed by atoms with Gasteiger partial charge in [0.1, 0.15) is 18.6 Å². The predicted molar refractivity (Wildman–Crippen MR) is 171 cm³/mol. The van der Waals surface area contributed by atoms with Crippen LogP contribution in [0.3, 0.4) is 0 Å². The number of aryl methyl sites for hydroxylation is 3. The SMILES string of the molecule is CCc1c(N2CCN(C(=O)c3ncnc(C)c3O)[C@H]3CC[C@@H]32)c(=O)c2nc(C)c(C)nc2n1CC(=O)NC12CC(C3CCC3)(C1)C2. The van der Waals surface area contributed by atoms with Crippen LogP contribution in [0.25, 0.3) is 11.2 Å². The van der Waals surface area contributed by atoms with Crippen LogP contribution in [-0.4, -0.2) is 77.0 Å². The third kappa shape index (κ3) is 4.13. The van der Waals surface area contributed by atoms with Crippen LogP contribution in [0, 0.1) is 32.1 Å². The average molecular weight is 627 g/mol. The summed E-state index contributed by atoms with van der Waals surface area (Å²) < 4.78 is 1.92. The molecule has 6 aliphatic rings. The highest BCUT2D eigenvalue weighted by Gasteiger charge is 2.71. The number of anilines is 1. The maximum atomic E-state index is 14.3. The maximum Gasteiger partial charge on any atom is 0.276 e. The molecule has 0 aromatic carbocycles. The molecule has 242 valence electrons. The molecular weight excluding hydrogens is 584 g/mol. The van der Waals surface area contributed by atoms with E-state index in [1.165, 1.54) is 25.6 Å². The van der Waals surface area contributed by atoms with Crippen LogP contribution in [0.1, 0.15) is 91.6 Å². The number of rotatable bonds is 7. The van der Waals surface area contributed by atoms with Crippen LogP contribution in [0.15, 0.2) is 11.1 Å². The van der Waals surface area contributed by atoms with Crippen LogP contribution in [0.4, 0.5) is 5.69 Å². The van der Waals surface area contributed by atoms with Gasteiger partial charge in [-0.3, -0.25) is 14.4 Å². The van der Waals surface area contributed by atoms with E-state index in [2.05, 4.69) is 20.2 Å². The van der Waals surface area contributed by atoms with Gasteiger partial charge in [0.2, 0.25) is 11.3 Å². The van der Waals surface area contributed by atoms with Crippen molar-refractivity contribution in [1.82, 2.24) is 34.7 Å². The summed E-state index contributed by atoms with van der Waals surface area (Å²) in [6.07, 6.45) is 10.7. The van der Waals surface area contributed by atoms with E-state index in [0.29, 0.717) is 47.6 Å². The fourth-order valence-electron chi connectivity index (χ4n) is 9.22. The summed E-state index contributed by atoms with van der Waals surface area (Å²) in [5.74, 6) is 0.262. The Morgan fingerprint density at radius 3 is 2.35 bits per heavy atom. The van der Waals surface area contributed by atoms with E-state index in [-0.39, 0.29) is 58.4 Å². The highest BCUT2D eigenvalue weighted by molar-refractivity contribution is 5.95. The second-order valence-electron chi connectivity index (χ2n) is 14.5. The molecule has 1 saturated heterocycles. The molecule has 2 atom stereocenters. The number of hydrogen-bond acceptors (Lipinski definition) is 9. The summed E-state index contributed by atoms with van der Waals surface area (Å²) in [7, 11) is 0. The Kier molecular flexibility index (Phi) is 6.50. The van der Waals surface area contributed by atoms with Gasteiger partial charge in [-0.25, -0.2) is 19.9 Å². The number of hydrogen-bond donors (Lipinski definition) is 2. The minimum absolute atomic E-state index is 0.00311. The van der Waals surface area contributed by atoms with E-state index in [4.69, 9.17) is 9.97 Å². The lowest BCUT2D eigenvalue weighted by Crippen LogP contribution is -2.77. The Morgan fingerprint density at radius 1 is 0.978 bits per heavy atom. The third-order valence-corrected chi connectivity index (χ3v) is 12.0. The molecule has 3 aromatic heterocycles. The monoisotopic (exact) mass is 626 g/mol. The first-order chi connectivity index (χ1) is 22.0. The van der Waals surface area contributed by atoms with Gasteiger partial charge in [-0.1, -0.05) is 13.3 Å². The standard InChI is InChI=1S/C34H42N8O4/c1-5-22-28(40-11-12-41(24-10-9-23(24)40)32(46)27-29(44)20(4)35-17-36-27)30(45)26-31(38-19(3)18(2)37-26)42(22)13-25(43)39-34-14-33(15-34,16-34)21-7-6-8-21/h17,21,23-24,44H,5-16H2,1-4H3,(H,39,43)/t23-,24-,33?,34?/m0/s1. The molecule has 3 aromatic rings. The normalized spacial score (nSPS) is 28.1. The van der Waals surface area contributed by atoms with Crippen molar-refractivity contribution < 1.29 is 14.7 Å². The number of piperazine rings is 1. The molecule has 12 heteroatoms. The van der Waals surface area contributed by atoms with Crippen LogP contribution in [-0.2, 0) is 17.8 Å². The number of nitrogens with zero attached hydrogens (tertiary/aromatic N) is 7. The first kappa shape index (κ1) is 29.3. The zero-order valence-corrected chi connectivity index (χ0v) is 27.1. The Morgan fingerprint density at radius 2 is 1.70 bits per heavy atom. The molecule has 4 heterocycles. The van der Waals surface area contributed by atoms with E-state index in [1.54, 1.807) is 11.8 Å². The molecule has 46 heavy (non-hydrogen) atoms. The molecule has 0 radical (unpaired) electrons. The fraction of sp³-hybridized carbons (Fsp3) is 0.618. The Balaban J connectivity index is 1.12. The van der Waals surface area contributed by atoms with Gasteiger partial charge in [-0.05, 0) is 83.5 Å². The van der Waals surface area contributed by atoms with Crippen molar-refractivity contribution >= 4 is 28.7 Å². The zero-order chi connectivity index (χ0) is 32.1. The molecule has 5 aliphatic carbocycles. The Bertz CT molecular complexity index is 1850. The zero-order valence-electron chi connectivity index (χ0n) is 27.1. The number of nitrogens with one attached hydrogen (secondary N) is 1. The number of pyridine rings is 1. The van der Waals surface area contributed by atoms with Gasteiger partial charge in [0.15, 0.2) is 22.6 Å². The van der Waals surface area contributed by atoms with E-state index < -0.39 is 0 Å². The number of aromatic nitrogens is 5. The quantitative estimate of drug-likeness (QED) is 0.404.